The van der Waals surface area contributed by atoms with Crippen molar-refractivity contribution in [2.24, 2.45) is 11.4 Å². The fourth-order valence-electron chi connectivity index (χ4n) is 4.30. The number of aliphatic hydroxyl groups is 1. The van der Waals surface area contributed by atoms with Gasteiger partial charge in [0, 0.05) is 41.5 Å². The van der Waals surface area contributed by atoms with E-state index in [2.05, 4.69) is 14.4 Å². The van der Waals surface area contributed by atoms with Gasteiger partial charge >= 0.3 is 6.18 Å². The third kappa shape index (κ3) is 4.92. The number of hydrogen-bond acceptors (Lipinski definition) is 5. The van der Waals surface area contributed by atoms with Crippen molar-refractivity contribution < 1.29 is 27.3 Å². The molecule has 5 aromatic rings. The highest BCUT2D eigenvalue weighted by Crippen LogP contribution is 2.34. The molecule has 0 bridgehead atoms. The summed E-state index contributed by atoms with van der Waals surface area (Å²) < 4.78 is 60.0. The van der Waals surface area contributed by atoms with E-state index < -0.39 is 34.0 Å². The van der Waals surface area contributed by atoms with Crippen LogP contribution in [0.3, 0.4) is 0 Å². The predicted octanol–water partition coefficient (Wildman–Crippen LogP) is 4.73. The molecule has 1 amide bonds. The molecule has 0 aliphatic heterocycles. The Balaban J connectivity index is 1.59. The normalized spacial score (nSPS) is 13.6. The van der Waals surface area contributed by atoms with Gasteiger partial charge in [-0.1, -0.05) is 6.07 Å². The van der Waals surface area contributed by atoms with Gasteiger partial charge < -0.3 is 5.11 Å². The summed E-state index contributed by atoms with van der Waals surface area (Å²) in [7, 11) is -1.42. The van der Waals surface area contributed by atoms with Gasteiger partial charge in [0.25, 0.3) is 5.91 Å². The topological polar surface area (TPSA) is 102 Å². The Hall–Kier alpha value is -4.03. The summed E-state index contributed by atoms with van der Waals surface area (Å²) in [5.41, 5.74) is 1.51. The van der Waals surface area contributed by atoms with Gasteiger partial charge in [-0.3, -0.25) is 19.0 Å². The summed E-state index contributed by atoms with van der Waals surface area (Å²) in [6.45, 7) is -0.409. The summed E-state index contributed by atoms with van der Waals surface area (Å²) in [6.07, 6.45) is -1.16. The summed E-state index contributed by atoms with van der Waals surface area (Å²) in [5.74, 6) is -0.977. The van der Waals surface area contributed by atoms with E-state index in [0.29, 0.717) is 33.3 Å². The van der Waals surface area contributed by atoms with Crippen LogP contribution in [-0.2, 0) is 28.7 Å². The lowest BCUT2D eigenvalue weighted by Crippen LogP contribution is -2.15. The zero-order chi connectivity index (χ0) is 27.1. The average Bonchev–Trinajstić information content (AvgIpc) is 3.38. The second-order valence-electron chi connectivity index (χ2n) is 8.71. The number of nitrogens with zero attached hydrogens (tertiary/aromatic N) is 5. The number of amides is 1. The Bertz CT molecular complexity index is 1770. The summed E-state index contributed by atoms with van der Waals surface area (Å²) in [6, 6.07) is 14.6. The first-order chi connectivity index (χ1) is 18.1. The van der Waals surface area contributed by atoms with Crippen molar-refractivity contribution >= 4 is 37.6 Å². The van der Waals surface area contributed by atoms with Crippen LogP contribution in [0.4, 0.5) is 13.2 Å². The predicted molar refractivity (Wildman–Crippen MR) is 137 cm³/mol. The molecule has 5 rings (SSSR count). The smallest absolute Gasteiger partial charge is 0.395 e. The second kappa shape index (κ2) is 9.69. The van der Waals surface area contributed by atoms with Gasteiger partial charge in [-0.25, -0.2) is 4.21 Å². The molecular formula is C26H22F3N5O3S. The van der Waals surface area contributed by atoms with E-state index in [1.54, 1.807) is 59.0 Å². The third-order valence-electron chi connectivity index (χ3n) is 6.01. The first-order valence-corrected chi connectivity index (χ1v) is 13.4. The Morgan fingerprint density at radius 3 is 2.50 bits per heavy atom. The molecule has 0 fully saturated rings. The number of rotatable bonds is 6. The maximum atomic E-state index is 13.4. The van der Waals surface area contributed by atoms with Crippen LogP contribution in [0.25, 0.3) is 27.6 Å². The Morgan fingerprint density at radius 2 is 1.84 bits per heavy atom. The number of aryl methyl sites for hydroxylation is 1. The van der Waals surface area contributed by atoms with Gasteiger partial charge in [0.05, 0.1) is 44.6 Å². The van der Waals surface area contributed by atoms with Crippen molar-refractivity contribution in [1.82, 2.24) is 19.3 Å². The molecule has 0 aliphatic rings. The number of fused-ring (bicyclic) bond motifs is 3. The van der Waals surface area contributed by atoms with E-state index >= 15 is 0 Å². The van der Waals surface area contributed by atoms with Crippen molar-refractivity contribution in [3.8, 4) is 5.69 Å². The largest absolute Gasteiger partial charge is 0.416 e. The van der Waals surface area contributed by atoms with Crippen LogP contribution in [0, 0.1) is 0 Å². The molecule has 0 saturated carbocycles. The van der Waals surface area contributed by atoms with Crippen LogP contribution in [0.1, 0.15) is 21.6 Å². The summed E-state index contributed by atoms with van der Waals surface area (Å²) >= 11 is 0. The van der Waals surface area contributed by atoms with Crippen molar-refractivity contribution in [1.29, 1.82) is 0 Å². The number of hydrogen-bond donors (Lipinski definition) is 1. The molecule has 38 heavy (non-hydrogen) atoms. The molecule has 0 saturated heterocycles. The van der Waals surface area contributed by atoms with E-state index in [4.69, 9.17) is 0 Å². The third-order valence-corrected chi connectivity index (χ3v) is 8.07. The van der Waals surface area contributed by atoms with Crippen molar-refractivity contribution in [3.05, 3.63) is 89.9 Å². The first-order valence-electron chi connectivity index (χ1n) is 11.5. The van der Waals surface area contributed by atoms with Crippen LogP contribution in [-0.4, -0.2) is 46.9 Å². The van der Waals surface area contributed by atoms with E-state index in [1.165, 1.54) is 18.2 Å². The van der Waals surface area contributed by atoms with E-state index in [-0.39, 0.29) is 17.1 Å². The number of carbonyl (C=O) groups is 1. The van der Waals surface area contributed by atoms with Gasteiger partial charge in [0.2, 0.25) is 0 Å². The van der Waals surface area contributed by atoms with Crippen LogP contribution in [0.5, 0.6) is 0 Å². The molecule has 8 nitrogen and oxygen atoms in total. The van der Waals surface area contributed by atoms with Gasteiger partial charge in [-0.2, -0.15) is 22.6 Å². The molecule has 0 radical (unpaired) electrons. The molecule has 196 valence electrons. The number of halogens is 3. The maximum Gasteiger partial charge on any atom is 0.416 e. The maximum absolute atomic E-state index is 13.4. The Kier molecular flexibility index (Phi) is 6.53. The minimum absolute atomic E-state index is 0.0838. The lowest BCUT2D eigenvalue weighted by atomic mass is 10.1. The van der Waals surface area contributed by atoms with Gasteiger partial charge in [-0.05, 0) is 54.6 Å². The fraction of sp³-hybridized carbons (Fsp3) is 0.192. The standard InChI is InChI=1S/C26H22F3N5O3S/c1-33-15-22-21-14-17(25(36)32-38(37,13-12-35)16-19-4-2-3-11-30-19)5-10-23(21)34(24(22)31-33)20-8-6-18(7-9-20)26(27,28)29/h2-11,14-15,35H,12-13,16H2,1H3/t38-/m0/s1. The summed E-state index contributed by atoms with van der Waals surface area (Å²) in [5, 5.41) is 15.2. The number of aliphatic hydroxyl groups excluding tert-OH is 1. The second-order valence-corrected chi connectivity index (χ2v) is 11.1. The highest BCUT2D eigenvalue weighted by atomic mass is 32.2. The highest BCUT2D eigenvalue weighted by molar-refractivity contribution is 7.93. The molecule has 3 aromatic heterocycles. The zero-order valence-electron chi connectivity index (χ0n) is 20.1. The summed E-state index contributed by atoms with van der Waals surface area (Å²) in [4.78, 5) is 17.3. The SMILES string of the molecule is Cn1cc2c3cc(C(=O)N=[S@](=O)(CCO)Cc4ccccn4)ccc3n(-c3ccc(C(F)(F)F)cc3)c2n1. The highest BCUT2D eigenvalue weighted by Gasteiger charge is 2.30. The Labute approximate surface area is 215 Å². The number of aromatic nitrogens is 4. The molecular weight excluding hydrogens is 519 g/mol. The van der Waals surface area contributed by atoms with Crippen LogP contribution in [0.2, 0.25) is 0 Å². The van der Waals surface area contributed by atoms with E-state index in [1.807, 2.05) is 0 Å². The van der Waals surface area contributed by atoms with Crippen LogP contribution < -0.4 is 0 Å². The number of benzene rings is 2. The fourth-order valence-corrected chi connectivity index (χ4v) is 5.92. The molecule has 0 unspecified atom stereocenters. The van der Waals surface area contributed by atoms with E-state index in [0.717, 1.165) is 12.1 Å². The van der Waals surface area contributed by atoms with Crippen LogP contribution in [0.15, 0.2) is 77.4 Å². The average molecular weight is 542 g/mol. The van der Waals surface area contributed by atoms with E-state index in [9.17, 15) is 27.3 Å². The van der Waals surface area contributed by atoms with Crippen molar-refractivity contribution in [2.45, 2.75) is 11.9 Å². The zero-order valence-corrected chi connectivity index (χ0v) is 20.9. The van der Waals surface area contributed by atoms with Crippen LogP contribution >= 0.6 is 0 Å². The number of alkyl halides is 3. The van der Waals surface area contributed by atoms with Crippen molar-refractivity contribution in [2.75, 3.05) is 12.4 Å². The molecule has 0 aliphatic carbocycles. The molecule has 1 N–H and O–H groups in total. The van der Waals surface area contributed by atoms with Gasteiger partial charge in [-0.15, -0.1) is 0 Å². The molecule has 12 heteroatoms. The quantitative estimate of drug-likeness (QED) is 0.335. The number of carbonyl (C=O) groups excluding carboxylic acids is 1. The monoisotopic (exact) mass is 541 g/mol. The Morgan fingerprint density at radius 1 is 1.08 bits per heavy atom. The number of pyridine rings is 1. The molecule has 1 atom stereocenters. The molecule has 0 spiro atoms. The molecule has 2 aromatic carbocycles. The van der Waals surface area contributed by atoms with Gasteiger partial charge in [0.1, 0.15) is 0 Å². The first kappa shape index (κ1) is 25.6. The van der Waals surface area contributed by atoms with Gasteiger partial charge in [0.15, 0.2) is 5.65 Å². The molecule has 3 heterocycles. The lowest BCUT2D eigenvalue weighted by Gasteiger charge is -2.10. The van der Waals surface area contributed by atoms with Crippen molar-refractivity contribution in [3.63, 3.8) is 0 Å². The lowest BCUT2D eigenvalue weighted by molar-refractivity contribution is -0.137. The minimum Gasteiger partial charge on any atom is -0.395 e. The minimum atomic E-state index is -4.46.